The lowest BCUT2D eigenvalue weighted by Crippen LogP contribution is -2.36. The van der Waals surface area contributed by atoms with Crippen LogP contribution in [-0.4, -0.2) is 19.8 Å². The van der Waals surface area contributed by atoms with Crippen molar-refractivity contribution in [2.24, 2.45) is 17.1 Å². The molecule has 2 nitrogen and oxygen atoms in total. The van der Waals surface area contributed by atoms with E-state index in [0.717, 1.165) is 25.7 Å². The van der Waals surface area contributed by atoms with Crippen molar-refractivity contribution in [2.75, 3.05) is 19.8 Å². The largest absolute Gasteiger partial charge is 0.381 e. The van der Waals surface area contributed by atoms with Gasteiger partial charge in [-0.3, -0.25) is 0 Å². The van der Waals surface area contributed by atoms with Crippen molar-refractivity contribution in [3.05, 3.63) is 0 Å². The van der Waals surface area contributed by atoms with Crippen LogP contribution in [0.4, 0.5) is 0 Å². The maximum atomic E-state index is 6.07. The summed E-state index contributed by atoms with van der Waals surface area (Å²) in [5, 5.41) is 0. The van der Waals surface area contributed by atoms with E-state index in [0.29, 0.717) is 5.41 Å². The van der Waals surface area contributed by atoms with Crippen molar-refractivity contribution in [1.82, 2.24) is 0 Å². The molecule has 2 N–H and O–H groups in total. The lowest BCUT2D eigenvalue weighted by atomic mass is 9.68. The minimum Gasteiger partial charge on any atom is -0.381 e. The average Bonchev–Trinajstić information content (AvgIpc) is 2.46. The van der Waals surface area contributed by atoms with E-state index in [1.165, 1.54) is 64.2 Å². The molecule has 1 fully saturated rings. The summed E-state index contributed by atoms with van der Waals surface area (Å²) in [5.41, 5.74) is 6.47. The Labute approximate surface area is 120 Å². The van der Waals surface area contributed by atoms with Crippen LogP contribution in [0.3, 0.4) is 0 Å². The van der Waals surface area contributed by atoms with Crippen LogP contribution in [0.15, 0.2) is 0 Å². The highest BCUT2D eigenvalue weighted by molar-refractivity contribution is 4.86. The molecule has 0 unspecified atom stereocenters. The third-order valence-electron chi connectivity index (χ3n) is 4.98. The van der Waals surface area contributed by atoms with Crippen LogP contribution in [0.2, 0.25) is 0 Å². The van der Waals surface area contributed by atoms with Crippen LogP contribution in [0.5, 0.6) is 0 Å². The zero-order valence-electron chi connectivity index (χ0n) is 13.3. The van der Waals surface area contributed by atoms with Gasteiger partial charge in [0, 0.05) is 13.2 Å². The summed E-state index contributed by atoms with van der Waals surface area (Å²) < 4.78 is 5.74. The molecular weight excluding hydrogens is 234 g/mol. The molecule has 1 saturated carbocycles. The Morgan fingerprint density at radius 2 is 1.74 bits per heavy atom. The van der Waals surface area contributed by atoms with Gasteiger partial charge in [0.15, 0.2) is 0 Å². The van der Waals surface area contributed by atoms with Gasteiger partial charge in [-0.1, -0.05) is 39.5 Å². The standard InChI is InChI=1S/C17H35NO/c1-3-5-7-16-8-10-17(15-18,11-9-16)12-14-19-13-6-4-2/h16H,3-15,18H2,1-2H3. The van der Waals surface area contributed by atoms with Crippen LogP contribution in [0, 0.1) is 11.3 Å². The molecule has 19 heavy (non-hydrogen) atoms. The fourth-order valence-electron chi connectivity index (χ4n) is 3.26. The summed E-state index contributed by atoms with van der Waals surface area (Å²) in [7, 11) is 0. The third kappa shape index (κ3) is 6.27. The topological polar surface area (TPSA) is 35.2 Å². The minimum atomic E-state index is 0.398. The van der Waals surface area contributed by atoms with Gasteiger partial charge in [-0.05, 0) is 56.4 Å². The van der Waals surface area contributed by atoms with Gasteiger partial charge in [0.1, 0.15) is 0 Å². The number of hydrogen-bond donors (Lipinski definition) is 1. The Kier molecular flexibility index (Phi) is 8.72. The summed E-state index contributed by atoms with van der Waals surface area (Å²) in [5.74, 6) is 0.973. The van der Waals surface area contributed by atoms with E-state index in [4.69, 9.17) is 10.5 Å². The van der Waals surface area contributed by atoms with E-state index in [9.17, 15) is 0 Å². The quantitative estimate of drug-likeness (QED) is 0.592. The van der Waals surface area contributed by atoms with Gasteiger partial charge < -0.3 is 10.5 Å². The van der Waals surface area contributed by atoms with Crippen LogP contribution >= 0.6 is 0 Å². The summed E-state index contributed by atoms with van der Waals surface area (Å²) in [6, 6.07) is 0. The van der Waals surface area contributed by atoms with Crippen molar-refractivity contribution >= 4 is 0 Å². The van der Waals surface area contributed by atoms with E-state index >= 15 is 0 Å². The van der Waals surface area contributed by atoms with E-state index in [2.05, 4.69) is 13.8 Å². The molecule has 0 saturated heterocycles. The van der Waals surface area contributed by atoms with Gasteiger partial charge in [-0.15, -0.1) is 0 Å². The summed E-state index contributed by atoms with van der Waals surface area (Å²) in [6.45, 7) is 7.20. The fraction of sp³-hybridized carbons (Fsp3) is 1.00. The predicted octanol–water partition coefficient (Wildman–Crippen LogP) is 4.52. The van der Waals surface area contributed by atoms with Gasteiger partial charge >= 0.3 is 0 Å². The fourth-order valence-corrected chi connectivity index (χ4v) is 3.26. The van der Waals surface area contributed by atoms with Gasteiger partial charge in [-0.25, -0.2) is 0 Å². The van der Waals surface area contributed by atoms with Crippen molar-refractivity contribution in [3.8, 4) is 0 Å². The molecule has 2 heteroatoms. The number of nitrogens with two attached hydrogens (primary N) is 1. The van der Waals surface area contributed by atoms with E-state index < -0.39 is 0 Å². The van der Waals surface area contributed by atoms with E-state index in [1.807, 2.05) is 0 Å². The first kappa shape index (κ1) is 17.0. The maximum absolute atomic E-state index is 6.07. The average molecular weight is 269 g/mol. The maximum Gasteiger partial charge on any atom is 0.0471 e. The summed E-state index contributed by atoms with van der Waals surface area (Å²) in [6.07, 6.45) is 13.2. The van der Waals surface area contributed by atoms with Crippen molar-refractivity contribution in [1.29, 1.82) is 0 Å². The van der Waals surface area contributed by atoms with Crippen molar-refractivity contribution < 1.29 is 4.74 Å². The molecule has 0 amide bonds. The third-order valence-corrected chi connectivity index (χ3v) is 4.98. The van der Waals surface area contributed by atoms with E-state index in [-0.39, 0.29) is 0 Å². The second-order valence-corrected chi connectivity index (χ2v) is 6.51. The van der Waals surface area contributed by atoms with E-state index in [1.54, 1.807) is 0 Å². The molecule has 0 aliphatic heterocycles. The summed E-state index contributed by atoms with van der Waals surface area (Å²) in [4.78, 5) is 0. The zero-order valence-corrected chi connectivity index (χ0v) is 13.3. The SMILES string of the molecule is CCCCOCCC1(CN)CCC(CCCC)CC1. The van der Waals surface area contributed by atoms with Crippen LogP contribution in [0.25, 0.3) is 0 Å². The molecule has 1 aliphatic carbocycles. The molecule has 0 aromatic heterocycles. The molecule has 1 aliphatic rings. The monoisotopic (exact) mass is 269 g/mol. The van der Waals surface area contributed by atoms with Crippen LogP contribution in [0.1, 0.15) is 78.1 Å². The lowest BCUT2D eigenvalue weighted by Gasteiger charge is -2.39. The zero-order chi connectivity index (χ0) is 14.0. The summed E-state index contributed by atoms with van der Waals surface area (Å²) >= 11 is 0. The molecule has 1 rings (SSSR count). The molecule has 0 radical (unpaired) electrons. The number of unbranched alkanes of at least 4 members (excludes halogenated alkanes) is 2. The molecule has 0 atom stereocenters. The second kappa shape index (κ2) is 9.77. The Morgan fingerprint density at radius 3 is 2.32 bits per heavy atom. The van der Waals surface area contributed by atoms with Gasteiger partial charge in [0.05, 0.1) is 0 Å². The first-order valence-corrected chi connectivity index (χ1v) is 8.54. The predicted molar refractivity (Wildman–Crippen MR) is 83.3 cm³/mol. The lowest BCUT2D eigenvalue weighted by molar-refractivity contribution is 0.0649. The smallest absolute Gasteiger partial charge is 0.0471 e. The van der Waals surface area contributed by atoms with Gasteiger partial charge in [0.25, 0.3) is 0 Å². The van der Waals surface area contributed by atoms with Crippen LogP contribution in [-0.2, 0) is 4.74 Å². The molecule has 0 spiro atoms. The molecule has 0 aromatic rings. The Hall–Kier alpha value is -0.0800. The highest BCUT2D eigenvalue weighted by Crippen LogP contribution is 2.42. The van der Waals surface area contributed by atoms with Gasteiger partial charge in [0.2, 0.25) is 0 Å². The Bertz CT molecular complexity index is 204. The van der Waals surface area contributed by atoms with Crippen molar-refractivity contribution in [3.63, 3.8) is 0 Å². The van der Waals surface area contributed by atoms with Gasteiger partial charge in [-0.2, -0.15) is 0 Å². The van der Waals surface area contributed by atoms with Crippen molar-refractivity contribution in [2.45, 2.75) is 78.1 Å². The molecule has 0 aromatic carbocycles. The number of ether oxygens (including phenoxy) is 1. The molecule has 0 bridgehead atoms. The molecular formula is C17H35NO. The number of hydrogen-bond acceptors (Lipinski definition) is 2. The first-order chi connectivity index (χ1) is 9.26. The normalized spacial score (nSPS) is 27.6. The molecule has 114 valence electrons. The Balaban J connectivity index is 2.22. The Morgan fingerprint density at radius 1 is 1.05 bits per heavy atom. The second-order valence-electron chi connectivity index (χ2n) is 6.51. The highest BCUT2D eigenvalue weighted by Gasteiger charge is 2.33. The number of rotatable bonds is 10. The highest BCUT2D eigenvalue weighted by atomic mass is 16.5. The molecule has 0 heterocycles. The van der Waals surface area contributed by atoms with Crippen LogP contribution < -0.4 is 5.73 Å². The minimum absolute atomic E-state index is 0.398. The first-order valence-electron chi connectivity index (χ1n) is 8.54.